The van der Waals surface area contributed by atoms with E-state index in [2.05, 4.69) is 9.83 Å². The average Bonchev–Trinajstić information content (AvgIpc) is 2.55. The summed E-state index contributed by atoms with van der Waals surface area (Å²) >= 11 is 0. The van der Waals surface area contributed by atoms with Gasteiger partial charge in [-0.2, -0.15) is 17.5 Å². The van der Waals surface area contributed by atoms with Crippen LogP contribution in [0.25, 0.3) is 4.85 Å². The van der Waals surface area contributed by atoms with Gasteiger partial charge in [0, 0.05) is 19.4 Å². The first-order valence-electron chi connectivity index (χ1n) is 6.70. The van der Waals surface area contributed by atoms with Crippen molar-refractivity contribution in [2.24, 2.45) is 0 Å². The second-order valence-electron chi connectivity index (χ2n) is 5.01. The van der Waals surface area contributed by atoms with Gasteiger partial charge in [-0.1, -0.05) is 12.1 Å². The van der Waals surface area contributed by atoms with Gasteiger partial charge in [-0.15, -0.1) is 0 Å². The van der Waals surface area contributed by atoms with E-state index in [9.17, 15) is 26.0 Å². The number of aromatic nitrogens is 1. The molecule has 0 aliphatic heterocycles. The van der Waals surface area contributed by atoms with Gasteiger partial charge in [0.15, 0.2) is 0 Å². The number of alkyl halides is 3. The Hall–Kier alpha value is -2.51. The molecule has 1 heterocycles. The van der Waals surface area contributed by atoms with Crippen LogP contribution in [0.1, 0.15) is 11.6 Å². The summed E-state index contributed by atoms with van der Waals surface area (Å²) in [6.45, 7) is 6.85. The molecule has 132 valence electrons. The molecule has 2 aromatic rings. The van der Waals surface area contributed by atoms with Crippen molar-refractivity contribution in [1.82, 2.24) is 9.29 Å². The molecule has 10 heteroatoms. The van der Waals surface area contributed by atoms with Gasteiger partial charge < -0.3 is 0 Å². The quantitative estimate of drug-likeness (QED) is 0.607. The lowest BCUT2D eigenvalue weighted by atomic mass is 10.1. The van der Waals surface area contributed by atoms with E-state index in [4.69, 9.17) is 6.57 Å². The Morgan fingerprint density at radius 2 is 1.80 bits per heavy atom. The average molecular weight is 373 g/mol. The molecule has 2 rings (SSSR count). The van der Waals surface area contributed by atoms with Gasteiger partial charge in [0.25, 0.3) is 0 Å². The Balaban J connectivity index is 2.53. The van der Waals surface area contributed by atoms with Crippen LogP contribution in [-0.4, -0.2) is 30.9 Å². The summed E-state index contributed by atoms with van der Waals surface area (Å²) in [6.07, 6.45) is -2.99. The van der Waals surface area contributed by atoms with Crippen molar-refractivity contribution in [3.05, 3.63) is 65.5 Å². The number of hydrogen-bond acceptors (Lipinski definition) is 3. The molecule has 1 aromatic carbocycles. The zero-order chi connectivity index (χ0) is 18.8. The largest absolute Gasteiger partial charge is 0.409 e. The SMILES string of the molecule is [C-]#[N+]c1cncc(S(=O)(=O)N(C)[C@H](c2ccc(F)cc2)C(F)(F)F)c1. The minimum absolute atomic E-state index is 0.125. The molecule has 0 aliphatic carbocycles. The summed E-state index contributed by atoms with van der Waals surface area (Å²) in [5.41, 5.74) is -0.561. The van der Waals surface area contributed by atoms with Gasteiger partial charge in [-0.25, -0.2) is 17.7 Å². The fraction of sp³-hybridized carbons (Fsp3) is 0.200. The first-order valence-corrected chi connectivity index (χ1v) is 8.14. The normalized spacial score (nSPS) is 13.5. The number of nitrogens with zero attached hydrogens (tertiary/aromatic N) is 3. The molecule has 0 fully saturated rings. The lowest BCUT2D eigenvalue weighted by molar-refractivity contribution is -0.171. The van der Waals surface area contributed by atoms with Gasteiger partial charge in [-0.3, -0.25) is 4.98 Å². The van der Waals surface area contributed by atoms with Crippen LogP contribution in [0.5, 0.6) is 0 Å². The maximum absolute atomic E-state index is 13.5. The Bertz CT molecular complexity index is 906. The Labute approximate surface area is 141 Å². The smallest absolute Gasteiger partial charge is 0.275 e. The van der Waals surface area contributed by atoms with Crippen LogP contribution in [0, 0.1) is 12.4 Å². The molecule has 0 radical (unpaired) electrons. The standard InChI is InChI=1S/C15H11F4N3O2S/c1-20-12-7-13(9-21-8-12)25(23,24)22(2)14(15(17,18)19)10-3-5-11(16)6-4-10/h3-9,14H,2H3/t14-/m1/s1. The number of hydrogen-bond donors (Lipinski definition) is 0. The van der Waals surface area contributed by atoms with Gasteiger partial charge >= 0.3 is 6.18 Å². The van der Waals surface area contributed by atoms with Crippen LogP contribution in [0.4, 0.5) is 23.2 Å². The Morgan fingerprint density at radius 1 is 1.20 bits per heavy atom. The number of halogens is 4. The molecule has 0 bridgehead atoms. The van der Waals surface area contributed by atoms with Gasteiger partial charge in [-0.05, 0) is 23.8 Å². The van der Waals surface area contributed by atoms with Crippen molar-refractivity contribution in [3.63, 3.8) is 0 Å². The lowest BCUT2D eigenvalue weighted by Gasteiger charge is -2.29. The van der Waals surface area contributed by atoms with Crippen molar-refractivity contribution in [3.8, 4) is 0 Å². The zero-order valence-electron chi connectivity index (χ0n) is 12.7. The van der Waals surface area contributed by atoms with Crippen LogP contribution >= 0.6 is 0 Å². The van der Waals surface area contributed by atoms with E-state index in [1.54, 1.807) is 0 Å². The Kier molecular flexibility index (Phi) is 5.10. The van der Waals surface area contributed by atoms with Crippen LogP contribution in [0.2, 0.25) is 0 Å². The van der Waals surface area contributed by atoms with Gasteiger partial charge in [0.2, 0.25) is 15.7 Å². The summed E-state index contributed by atoms with van der Waals surface area (Å²) < 4.78 is 78.6. The summed E-state index contributed by atoms with van der Waals surface area (Å²) in [5, 5.41) is 0. The van der Waals surface area contributed by atoms with Crippen molar-refractivity contribution in [2.75, 3.05) is 7.05 Å². The highest BCUT2D eigenvalue weighted by molar-refractivity contribution is 7.89. The molecule has 0 amide bonds. The third-order valence-electron chi connectivity index (χ3n) is 3.36. The zero-order valence-corrected chi connectivity index (χ0v) is 13.5. The van der Waals surface area contributed by atoms with Crippen LogP contribution < -0.4 is 0 Å². The molecule has 0 saturated heterocycles. The maximum Gasteiger partial charge on any atom is 0.409 e. The van der Waals surface area contributed by atoms with E-state index in [-0.39, 0.29) is 9.99 Å². The van der Waals surface area contributed by atoms with E-state index in [1.165, 1.54) is 0 Å². The number of pyridine rings is 1. The van der Waals surface area contributed by atoms with E-state index < -0.39 is 38.5 Å². The minimum atomic E-state index is -4.94. The van der Waals surface area contributed by atoms with Crippen LogP contribution in [0.3, 0.4) is 0 Å². The highest BCUT2D eigenvalue weighted by Crippen LogP contribution is 2.39. The fourth-order valence-electron chi connectivity index (χ4n) is 2.16. The summed E-state index contributed by atoms with van der Waals surface area (Å²) in [5.74, 6) is -0.746. The highest BCUT2D eigenvalue weighted by atomic mass is 32.2. The first kappa shape index (κ1) is 18.8. The third-order valence-corrected chi connectivity index (χ3v) is 5.15. The summed E-state index contributed by atoms with van der Waals surface area (Å²) in [7, 11) is -3.83. The number of benzene rings is 1. The van der Waals surface area contributed by atoms with Crippen LogP contribution in [0.15, 0.2) is 47.6 Å². The highest BCUT2D eigenvalue weighted by Gasteiger charge is 2.47. The predicted molar refractivity (Wildman–Crippen MR) is 80.6 cm³/mol. The molecular formula is C15H11F4N3O2S. The molecule has 25 heavy (non-hydrogen) atoms. The van der Waals surface area contributed by atoms with E-state index in [0.29, 0.717) is 0 Å². The molecular weight excluding hydrogens is 362 g/mol. The van der Waals surface area contributed by atoms with Gasteiger partial charge in [0.1, 0.15) is 11.9 Å². The number of sulfonamides is 1. The van der Waals surface area contributed by atoms with Crippen LogP contribution in [-0.2, 0) is 10.0 Å². The van der Waals surface area contributed by atoms with E-state index in [1.807, 2.05) is 0 Å². The predicted octanol–water partition coefficient (Wildman–Crippen LogP) is 3.70. The molecule has 0 unspecified atom stereocenters. The Morgan fingerprint density at radius 3 is 2.32 bits per heavy atom. The van der Waals surface area contributed by atoms with Gasteiger partial charge in [0.05, 0.1) is 11.5 Å². The van der Waals surface area contributed by atoms with Crippen molar-refractivity contribution >= 4 is 15.7 Å². The monoisotopic (exact) mass is 373 g/mol. The first-order chi connectivity index (χ1) is 11.6. The van der Waals surface area contributed by atoms with E-state index in [0.717, 1.165) is 49.8 Å². The second-order valence-corrected chi connectivity index (χ2v) is 7.01. The van der Waals surface area contributed by atoms with E-state index >= 15 is 0 Å². The number of rotatable bonds is 4. The second kappa shape index (κ2) is 6.78. The minimum Gasteiger partial charge on any atom is -0.275 e. The molecule has 0 spiro atoms. The topological polar surface area (TPSA) is 54.6 Å². The summed E-state index contributed by atoms with van der Waals surface area (Å²) in [4.78, 5) is 6.02. The van der Waals surface area contributed by atoms with Crippen molar-refractivity contribution < 1.29 is 26.0 Å². The maximum atomic E-state index is 13.5. The van der Waals surface area contributed by atoms with Crippen molar-refractivity contribution in [2.45, 2.75) is 17.1 Å². The third kappa shape index (κ3) is 3.94. The van der Waals surface area contributed by atoms with Crippen molar-refractivity contribution in [1.29, 1.82) is 0 Å². The molecule has 0 aliphatic rings. The molecule has 1 atom stereocenters. The molecule has 0 saturated carbocycles. The molecule has 1 aromatic heterocycles. The molecule has 5 nitrogen and oxygen atoms in total. The summed E-state index contributed by atoms with van der Waals surface area (Å²) in [6, 6.07) is 1.78. The molecule has 0 N–H and O–H groups in total. The lowest BCUT2D eigenvalue weighted by Crippen LogP contribution is -2.39. The fourth-order valence-corrected chi connectivity index (χ4v) is 3.48.